The molecule has 0 radical (unpaired) electrons. The van der Waals surface area contributed by atoms with Crippen LogP contribution in [0.5, 0.6) is 5.75 Å². The van der Waals surface area contributed by atoms with E-state index in [0.717, 1.165) is 0 Å². The monoisotopic (exact) mass is 196 g/mol. The summed E-state index contributed by atoms with van der Waals surface area (Å²) in [5.41, 5.74) is 6.07. The minimum Gasteiger partial charge on any atom is -0.489 e. The molecule has 78 valence electrons. The van der Waals surface area contributed by atoms with Crippen molar-refractivity contribution in [2.45, 2.75) is 26.1 Å². The van der Waals surface area contributed by atoms with Gasteiger partial charge in [0.05, 0.1) is 18.4 Å². The second kappa shape index (κ2) is 4.93. The summed E-state index contributed by atoms with van der Waals surface area (Å²) < 4.78 is 5.49. The van der Waals surface area contributed by atoms with Crippen LogP contribution < -0.4 is 10.5 Å². The molecular weight excluding hydrogens is 180 g/mol. The molecule has 0 saturated heterocycles. The van der Waals surface area contributed by atoms with E-state index in [1.165, 1.54) is 0 Å². The third-order valence-electron chi connectivity index (χ3n) is 1.76. The van der Waals surface area contributed by atoms with Crippen molar-refractivity contribution in [1.29, 1.82) is 0 Å². The molecule has 0 aliphatic heterocycles. The normalized spacial score (nSPS) is 12.9. The van der Waals surface area contributed by atoms with Gasteiger partial charge >= 0.3 is 0 Å². The van der Waals surface area contributed by atoms with Gasteiger partial charge in [-0.15, -0.1) is 0 Å². The second-order valence-corrected chi connectivity index (χ2v) is 3.33. The van der Waals surface area contributed by atoms with Gasteiger partial charge in [0.15, 0.2) is 0 Å². The van der Waals surface area contributed by atoms with E-state index in [1.54, 1.807) is 18.5 Å². The van der Waals surface area contributed by atoms with Crippen LogP contribution in [0.15, 0.2) is 18.5 Å². The number of pyridine rings is 1. The van der Waals surface area contributed by atoms with E-state index in [1.807, 2.05) is 13.8 Å². The van der Waals surface area contributed by atoms with Gasteiger partial charge in [-0.05, 0) is 19.9 Å². The Morgan fingerprint density at radius 3 is 2.86 bits per heavy atom. The molecule has 3 N–H and O–H groups in total. The van der Waals surface area contributed by atoms with Crippen molar-refractivity contribution in [3.05, 3.63) is 24.0 Å². The van der Waals surface area contributed by atoms with E-state index in [2.05, 4.69) is 4.98 Å². The lowest BCUT2D eigenvalue weighted by molar-refractivity contribution is 0.172. The highest BCUT2D eigenvalue weighted by Crippen LogP contribution is 2.23. The van der Waals surface area contributed by atoms with Crippen molar-refractivity contribution in [1.82, 2.24) is 4.98 Å². The number of rotatable bonds is 4. The maximum atomic E-state index is 9.59. The lowest BCUT2D eigenvalue weighted by Gasteiger charge is -2.16. The first-order chi connectivity index (χ1) is 6.65. The van der Waals surface area contributed by atoms with Crippen LogP contribution in [0.2, 0.25) is 0 Å². The third-order valence-corrected chi connectivity index (χ3v) is 1.76. The molecule has 0 amide bonds. The Morgan fingerprint density at radius 2 is 2.29 bits per heavy atom. The zero-order valence-electron chi connectivity index (χ0n) is 8.47. The van der Waals surface area contributed by atoms with Crippen LogP contribution in [-0.2, 0) is 0 Å². The first-order valence-corrected chi connectivity index (χ1v) is 4.63. The SMILES string of the molecule is CC(C)Oc1cnccc1C(O)CN. The number of hydrogen-bond acceptors (Lipinski definition) is 4. The fourth-order valence-electron chi connectivity index (χ4n) is 1.15. The predicted molar refractivity (Wildman–Crippen MR) is 54.0 cm³/mol. The van der Waals surface area contributed by atoms with Crippen LogP contribution >= 0.6 is 0 Å². The van der Waals surface area contributed by atoms with Gasteiger partial charge in [-0.2, -0.15) is 0 Å². The highest BCUT2D eigenvalue weighted by molar-refractivity contribution is 5.32. The van der Waals surface area contributed by atoms with Crippen LogP contribution in [-0.4, -0.2) is 22.7 Å². The number of nitrogens with two attached hydrogens (primary N) is 1. The highest BCUT2D eigenvalue weighted by atomic mass is 16.5. The number of ether oxygens (including phenoxy) is 1. The minimum atomic E-state index is -0.688. The van der Waals surface area contributed by atoms with E-state index in [4.69, 9.17) is 10.5 Å². The average molecular weight is 196 g/mol. The molecule has 0 bridgehead atoms. The largest absolute Gasteiger partial charge is 0.489 e. The highest BCUT2D eigenvalue weighted by Gasteiger charge is 2.12. The number of aliphatic hydroxyl groups excluding tert-OH is 1. The van der Waals surface area contributed by atoms with E-state index in [9.17, 15) is 5.11 Å². The zero-order valence-corrected chi connectivity index (χ0v) is 8.47. The summed E-state index contributed by atoms with van der Waals surface area (Å²) in [6.07, 6.45) is 2.57. The molecule has 4 heteroatoms. The molecule has 1 rings (SSSR count). The summed E-state index contributed by atoms with van der Waals surface area (Å²) in [5, 5.41) is 9.59. The summed E-state index contributed by atoms with van der Waals surface area (Å²) in [5.74, 6) is 0.598. The van der Waals surface area contributed by atoms with Crippen molar-refractivity contribution in [2.24, 2.45) is 5.73 Å². The van der Waals surface area contributed by atoms with Gasteiger partial charge in [-0.3, -0.25) is 4.98 Å². The standard InChI is InChI=1S/C10H16N2O2/c1-7(2)14-10-6-12-4-3-8(10)9(13)5-11/h3-4,6-7,9,13H,5,11H2,1-2H3. The van der Waals surface area contributed by atoms with Gasteiger partial charge < -0.3 is 15.6 Å². The molecule has 1 unspecified atom stereocenters. The molecule has 0 aliphatic rings. The molecular formula is C10H16N2O2. The van der Waals surface area contributed by atoms with Crippen LogP contribution in [0.1, 0.15) is 25.5 Å². The van der Waals surface area contributed by atoms with Crippen LogP contribution in [0.4, 0.5) is 0 Å². The first kappa shape index (κ1) is 10.9. The fourth-order valence-corrected chi connectivity index (χ4v) is 1.15. The smallest absolute Gasteiger partial charge is 0.143 e. The minimum absolute atomic E-state index is 0.0583. The second-order valence-electron chi connectivity index (χ2n) is 3.33. The van der Waals surface area contributed by atoms with Crippen molar-refractivity contribution in [3.63, 3.8) is 0 Å². The summed E-state index contributed by atoms with van der Waals surface area (Å²) in [7, 11) is 0. The topological polar surface area (TPSA) is 68.4 Å². The lowest BCUT2D eigenvalue weighted by atomic mass is 10.1. The molecule has 14 heavy (non-hydrogen) atoms. The number of aromatic nitrogens is 1. The Labute approximate surface area is 83.7 Å². The summed E-state index contributed by atoms with van der Waals surface area (Å²) in [4.78, 5) is 3.94. The van der Waals surface area contributed by atoms with Crippen molar-refractivity contribution < 1.29 is 9.84 Å². The molecule has 0 spiro atoms. The molecule has 0 fully saturated rings. The van der Waals surface area contributed by atoms with E-state index < -0.39 is 6.10 Å². The lowest BCUT2D eigenvalue weighted by Crippen LogP contribution is -2.15. The summed E-state index contributed by atoms with van der Waals surface area (Å²) in [6.45, 7) is 4.02. The maximum Gasteiger partial charge on any atom is 0.143 e. The van der Waals surface area contributed by atoms with Gasteiger partial charge in [-0.1, -0.05) is 0 Å². The quantitative estimate of drug-likeness (QED) is 0.749. The van der Waals surface area contributed by atoms with Gasteiger partial charge in [0.2, 0.25) is 0 Å². The Hall–Kier alpha value is -1.13. The molecule has 1 aromatic rings. The molecule has 0 aromatic carbocycles. The Bertz CT molecular complexity index is 289. The molecule has 1 aromatic heterocycles. The zero-order chi connectivity index (χ0) is 10.6. The van der Waals surface area contributed by atoms with Gasteiger partial charge in [-0.25, -0.2) is 0 Å². The molecule has 1 heterocycles. The van der Waals surface area contributed by atoms with E-state index >= 15 is 0 Å². The molecule has 1 atom stereocenters. The predicted octanol–water partition coefficient (Wildman–Crippen LogP) is 0.861. The summed E-state index contributed by atoms with van der Waals surface area (Å²) in [6, 6.07) is 1.72. The summed E-state index contributed by atoms with van der Waals surface area (Å²) >= 11 is 0. The molecule has 4 nitrogen and oxygen atoms in total. The Balaban J connectivity index is 2.91. The first-order valence-electron chi connectivity index (χ1n) is 4.63. The maximum absolute atomic E-state index is 9.59. The van der Waals surface area contributed by atoms with Crippen LogP contribution in [0, 0.1) is 0 Å². The number of nitrogens with zero attached hydrogens (tertiary/aromatic N) is 1. The van der Waals surface area contributed by atoms with Crippen molar-refractivity contribution in [3.8, 4) is 5.75 Å². The molecule has 0 aliphatic carbocycles. The number of aliphatic hydroxyl groups is 1. The fraction of sp³-hybridized carbons (Fsp3) is 0.500. The van der Waals surface area contributed by atoms with Gasteiger partial charge in [0, 0.05) is 18.3 Å². The Morgan fingerprint density at radius 1 is 1.57 bits per heavy atom. The van der Waals surface area contributed by atoms with Crippen LogP contribution in [0.25, 0.3) is 0 Å². The average Bonchev–Trinajstić information content (AvgIpc) is 2.16. The van der Waals surface area contributed by atoms with Gasteiger partial charge in [0.1, 0.15) is 5.75 Å². The third kappa shape index (κ3) is 2.68. The van der Waals surface area contributed by atoms with Crippen molar-refractivity contribution >= 4 is 0 Å². The molecule has 0 saturated carbocycles. The Kier molecular flexibility index (Phi) is 3.85. The van der Waals surface area contributed by atoms with Crippen molar-refractivity contribution in [2.75, 3.05) is 6.54 Å². The number of hydrogen-bond donors (Lipinski definition) is 2. The van der Waals surface area contributed by atoms with E-state index in [-0.39, 0.29) is 12.6 Å². The van der Waals surface area contributed by atoms with Crippen LogP contribution in [0.3, 0.4) is 0 Å². The van der Waals surface area contributed by atoms with Gasteiger partial charge in [0.25, 0.3) is 0 Å². The van der Waals surface area contributed by atoms with E-state index in [0.29, 0.717) is 11.3 Å².